The van der Waals surface area contributed by atoms with Crippen LogP contribution in [0.4, 0.5) is 4.39 Å². The first-order chi connectivity index (χ1) is 9.58. The fraction of sp³-hybridized carbons (Fsp3) is 0.333. The molecule has 1 aromatic heterocycles. The minimum atomic E-state index is -0.294. The molecule has 0 saturated heterocycles. The Labute approximate surface area is 117 Å². The number of hydrogen-bond donors (Lipinski definition) is 0. The lowest BCUT2D eigenvalue weighted by Gasteiger charge is -2.18. The second kappa shape index (κ2) is 5.86. The number of aromatic nitrogens is 2. The van der Waals surface area contributed by atoms with Gasteiger partial charge in [0, 0.05) is 13.1 Å². The van der Waals surface area contributed by atoms with Crippen LogP contribution in [0, 0.1) is 12.7 Å². The van der Waals surface area contributed by atoms with Crippen molar-refractivity contribution in [2.75, 3.05) is 13.1 Å². The zero-order chi connectivity index (χ0) is 14.7. The van der Waals surface area contributed by atoms with E-state index in [1.165, 1.54) is 12.1 Å². The highest BCUT2D eigenvalue weighted by Crippen LogP contribution is 2.16. The summed E-state index contributed by atoms with van der Waals surface area (Å²) in [5.41, 5.74) is 2.08. The number of benzene rings is 1. The zero-order valence-corrected chi connectivity index (χ0v) is 11.9. The Bertz CT molecular complexity index is 600. The first-order valence-corrected chi connectivity index (χ1v) is 6.68. The topological polar surface area (TPSA) is 38.1 Å². The van der Waals surface area contributed by atoms with Gasteiger partial charge in [-0.15, -0.1) is 0 Å². The van der Waals surface area contributed by atoms with Crippen molar-refractivity contribution >= 4 is 5.91 Å². The van der Waals surface area contributed by atoms with Gasteiger partial charge in [0.2, 0.25) is 0 Å². The highest BCUT2D eigenvalue weighted by Gasteiger charge is 2.19. The number of rotatable bonds is 4. The normalized spacial score (nSPS) is 10.6. The van der Waals surface area contributed by atoms with Gasteiger partial charge in [-0.3, -0.25) is 4.79 Å². The third kappa shape index (κ3) is 2.57. The molecule has 0 atom stereocenters. The van der Waals surface area contributed by atoms with E-state index in [-0.39, 0.29) is 11.7 Å². The van der Waals surface area contributed by atoms with Crippen molar-refractivity contribution in [1.82, 2.24) is 14.7 Å². The van der Waals surface area contributed by atoms with E-state index in [1.54, 1.807) is 27.9 Å². The van der Waals surface area contributed by atoms with Crippen molar-refractivity contribution in [3.63, 3.8) is 0 Å². The van der Waals surface area contributed by atoms with Crippen LogP contribution in [0.15, 0.2) is 30.5 Å². The zero-order valence-electron chi connectivity index (χ0n) is 11.9. The molecule has 2 aromatic rings. The highest BCUT2D eigenvalue weighted by molar-refractivity contribution is 5.95. The first kappa shape index (κ1) is 14.2. The van der Waals surface area contributed by atoms with Crippen molar-refractivity contribution in [2.24, 2.45) is 0 Å². The van der Waals surface area contributed by atoms with E-state index in [0.29, 0.717) is 18.7 Å². The smallest absolute Gasteiger partial charge is 0.257 e. The number of carbonyl (C=O) groups excluding carboxylic acids is 1. The Kier molecular flexibility index (Phi) is 4.17. The Balaban J connectivity index is 2.36. The van der Waals surface area contributed by atoms with Gasteiger partial charge >= 0.3 is 0 Å². The maximum atomic E-state index is 12.9. The molecule has 0 bridgehead atoms. The Hall–Kier alpha value is -2.17. The maximum absolute atomic E-state index is 12.9. The van der Waals surface area contributed by atoms with Crippen LogP contribution < -0.4 is 0 Å². The molecule has 1 heterocycles. The summed E-state index contributed by atoms with van der Waals surface area (Å²) in [6, 6.07) is 6.03. The minimum absolute atomic E-state index is 0.0270. The molecule has 2 rings (SSSR count). The molecule has 0 aliphatic carbocycles. The van der Waals surface area contributed by atoms with Gasteiger partial charge in [-0.25, -0.2) is 9.07 Å². The summed E-state index contributed by atoms with van der Waals surface area (Å²) >= 11 is 0. The van der Waals surface area contributed by atoms with Gasteiger partial charge in [-0.1, -0.05) is 0 Å². The monoisotopic (exact) mass is 275 g/mol. The lowest BCUT2D eigenvalue weighted by Crippen LogP contribution is -2.30. The van der Waals surface area contributed by atoms with Crippen LogP contribution in [0.5, 0.6) is 0 Å². The van der Waals surface area contributed by atoms with E-state index in [2.05, 4.69) is 5.10 Å². The molecule has 0 aliphatic heterocycles. The summed E-state index contributed by atoms with van der Waals surface area (Å²) in [6.07, 6.45) is 1.57. The third-order valence-electron chi connectivity index (χ3n) is 3.36. The predicted octanol–water partition coefficient (Wildman–Crippen LogP) is 2.80. The van der Waals surface area contributed by atoms with E-state index in [4.69, 9.17) is 0 Å². The van der Waals surface area contributed by atoms with Crippen LogP contribution in [-0.2, 0) is 0 Å². The van der Waals surface area contributed by atoms with Gasteiger partial charge in [-0.05, 0) is 45.0 Å². The van der Waals surface area contributed by atoms with Gasteiger partial charge < -0.3 is 4.90 Å². The summed E-state index contributed by atoms with van der Waals surface area (Å²) in [5.74, 6) is -0.320. The van der Waals surface area contributed by atoms with Crippen LogP contribution in [0.2, 0.25) is 0 Å². The molecular weight excluding hydrogens is 257 g/mol. The van der Waals surface area contributed by atoms with Crippen molar-refractivity contribution in [3.8, 4) is 5.69 Å². The number of amides is 1. The number of halogens is 1. The van der Waals surface area contributed by atoms with Gasteiger partial charge in [0.15, 0.2) is 0 Å². The largest absolute Gasteiger partial charge is 0.339 e. The van der Waals surface area contributed by atoms with Crippen molar-refractivity contribution < 1.29 is 9.18 Å². The molecule has 0 spiro atoms. The Morgan fingerprint density at radius 3 is 2.40 bits per heavy atom. The average Bonchev–Trinajstić information content (AvgIpc) is 2.83. The molecule has 1 amide bonds. The van der Waals surface area contributed by atoms with Gasteiger partial charge in [0.05, 0.1) is 23.1 Å². The first-order valence-electron chi connectivity index (χ1n) is 6.68. The van der Waals surface area contributed by atoms with Crippen LogP contribution in [0.25, 0.3) is 5.69 Å². The summed E-state index contributed by atoms with van der Waals surface area (Å²) in [7, 11) is 0. The fourth-order valence-corrected chi connectivity index (χ4v) is 2.14. The van der Waals surface area contributed by atoms with E-state index >= 15 is 0 Å². The van der Waals surface area contributed by atoms with Crippen LogP contribution >= 0.6 is 0 Å². The molecule has 106 valence electrons. The fourth-order valence-electron chi connectivity index (χ4n) is 2.14. The van der Waals surface area contributed by atoms with E-state index in [9.17, 15) is 9.18 Å². The maximum Gasteiger partial charge on any atom is 0.257 e. The molecule has 0 N–H and O–H groups in total. The summed E-state index contributed by atoms with van der Waals surface area (Å²) in [4.78, 5) is 14.1. The number of nitrogens with zero attached hydrogens (tertiary/aromatic N) is 3. The SMILES string of the molecule is CCN(CC)C(=O)c1cnn(-c2ccc(F)cc2)c1C. The molecule has 0 aliphatic rings. The van der Waals surface area contributed by atoms with Crippen LogP contribution in [0.3, 0.4) is 0 Å². The highest BCUT2D eigenvalue weighted by atomic mass is 19.1. The van der Waals surface area contributed by atoms with E-state index in [1.807, 2.05) is 20.8 Å². The number of hydrogen-bond acceptors (Lipinski definition) is 2. The van der Waals surface area contributed by atoms with Crippen molar-refractivity contribution in [2.45, 2.75) is 20.8 Å². The molecular formula is C15H18FN3O. The summed E-state index contributed by atoms with van der Waals surface area (Å²) in [6.45, 7) is 7.06. The Morgan fingerprint density at radius 2 is 1.85 bits per heavy atom. The van der Waals surface area contributed by atoms with Gasteiger partial charge in [0.1, 0.15) is 5.82 Å². The summed E-state index contributed by atoms with van der Waals surface area (Å²) < 4.78 is 14.6. The quantitative estimate of drug-likeness (QED) is 0.860. The molecule has 0 saturated carbocycles. The predicted molar refractivity (Wildman–Crippen MR) is 75.5 cm³/mol. The van der Waals surface area contributed by atoms with E-state index in [0.717, 1.165) is 11.4 Å². The molecule has 0 unspecified atom stereocenters. The van der Waals surface area contributed by atoms with Crippen LogP contribution in [-0.4, -0.2) is 33.7 Å². The lowest BCUT2D eigenvalue weighted by molar-refractivity contribution is 0.0772. The molecule has 4 nitrogen and oxygen atoms in total. The molecule has 0 radical (unpaired) electrons. The standard InChI is InChI=1S/C15H18FN3O/c1-4-18(5-2)15(20)14-10-17-19(11(14)3)13-8-6-12(16)7-9-13/h6-10H,4-5H2,1-3H3. The second-order valence-corrected chi connectivity index (χ2v) is 4.51. The van der Waals surface area contributed by atoms with Crippen LogP contribution in [0.1, 0.15) is 29.9 Å². The Morgan fingerprint density at radius 1 is 1.25 bits per heavy atom. The van der Waals surface area contributed by atoms with Crippen molar-refractivity contribution in [3.05, 3.63) is 47.5 Å². The molecule has 5 heteroatoms. The van der Waals surface area contributed by atoms with Crippen molar-refractivity contribution in [1.29, 1.82) is 0 Å². The van der Waals surface area contributed by atoms with Gasteiger partial charge in [-0.2, -0.15) is 5.10 Å². The van der Waals surface area contributed by atoms with E-state index < -0.39 is 0 Å². The molecule has 1 aromatic carbocycles. The average molecular weight is 275 g/mol. The summed E-state index contributed by atoms with van der Waals surface area (Å²) in [5, 5.41) is 4.23. The number of carbonyl (C=O) groups is 1. The third-order valence-corrected chi connectivity index (χ3v) is 3.36. The van der Waals surface area contributed by atoms with Gasteiger partial charge in [0.25, 0.3) is 5.91 Å². The second-order valence-electron chi connectivity index (χ2n) is 4.51. The minimum Gasteiger partial charge on any atom is -0.339 e. The lowest BCUT2D eigenvalue weighted by atomic mass is 10.2. The molecule has 20 heavy (non-hydrogen) atoms. The molecule has 0 fully saturated rings.